The van der Waals surface area contributed by atoms with Gasteiger partial charge in [0.1, 0.15) is 0 Å². The van der Waals surface area contributed by atoms with Crippen LogP contribution in [0.5, 0.6) is 0 Å². The third kappa shape index (κ3) is 7.09. The summed E-state index contributed by atoms with van der Waals surface area (Å²) in [6, 6.07) is 25.9. The number of carboxylic acid groups (broad SMARTS) is 1. The van der Waals surface area contributed by atoms with E-state index in [0.29, 0.717) is 28.9 Å². The summed E-state index contributed by atoms with van der Waals surface area (Å²) in [6.07, 6.45) is -4.01. The average Bonchev–Trinajstić information content (AvgIpc) is 2.92. The molecule has 0 aliphatic heterocycles. The summed E-state index contributed by atoms with van der Waals surface area (Å²) in [6.45, 7) is 7.91. The van der Waals surface area contributed by atoms with Crippen molar-refractivity contribution < 1.29 is 23.1 Å². The molecule has 1 aromatic heterocycles. The number of nitrogens with zero attached hydrogens (tertiary/aromatic N) is 1. The molecule has 0 amide bonds. The van der Waals surface area contributed by atoms with Crippen LogP contribution in [-0.2, 0) is 11.0 Å². The van der Waals surface area contributed by atoms with Gasteiger partial charge in [-0.1, -0.05) is 94.4 Å². The molecular formula is C32H32F3NO2. The van der Waals surface area contributed by atoms with E-state index in [1.54, 1.807) is 12.1 Å². The van der Waals surface area contributed by atoms with E-state index in [1.165, 1.54) is 12.1 Å². The maximum Gasteiger partial charge on any atom is 0.416 e. The lowest BCUT2D eigenvalue weighted by molar-refractivity contribution is -0.139. The number of hydrogen-bond donors (Lipinski definition) is 1. The van der Waals surface area contributed by atoms with Gasteiger partial charge in [-0.2, -0.15) is 13.2 Å². The molecule has 3 nitrogen and oxygen atoms in total. The third-order valence-corrected chi connectivity index (χ3v) is 6.05. The first-order valence-corrected chi connectivity index (χ1v) is 12.7. The smallest absolute Gasteiger partial charge is 0.416 e. The number of pyridine rings is 1. The van der Waals surface area contributed by atoms with Gasteiger partial charge in [0.2, 0.25) is 0 Å². The zero-order chi connectivity index (χ0) is 27.9. The van der Waals surface area contributed by atoms with Crippen LogP contribution in [0.25, 0.3) is 33.6 Å². The Bertz CT molecular complexity index is 1330. The Morgan fingerprint density at radius 3 is 1.66 bits per heavy atom. The average molecular weight is 520 g/mol. The lowest BCUT2D eigenvalue weighted by atomic mass is 9.89. The second kappa shape index (κ2) is 12.5. The van der Waals surface area contributed by atoms with Gasteiger partial charge in [-0.15, -0.1) is 0 Å². The minimum absolute atomic E-state index is 0.141. The summed E-state index contributed by atoms with van der Waals surface area (Å²) in [5.41, 5.74) is 4.20. The molecule has 1 atom stereocenters. The Hall–Kier alpha value is -3.93. The molecule has 0 saturated carbocycles. The quantitative estimate of drug-likeness (QED) is 0.265. The molecule has 0 fully saturated rings. The van der Waals surface area contributed by atoms with Crippen molar-refractivity contribution in [1.82, 2.24) is 4.98 Å². The maximum absolute atomic E-state index is 13.1. The molecule has 0 aliphatic rings. The number of benzene rings is 3. The van der Waals surface area contributed by atoms with Gasteiger partial charge in [-0.3, -0.25) is 4.79 Å². The van der Waals surface area contributed by atoms with Crippen LogP contribution in [0.1, 0.15) is 51.2 Å². The van der Waals surface area contributed by atoms with E-state index >= 15 is 0 Å². The number of alkyl halides is 3. The summed E-state index contributed by atoms with van der Waals surface area (Å²) in [4.78, 5) is 16.9. The SMILES string of the molecule is CC.CC(C)CC(C(=O)O)c1cc(-c2ccc(-c3ccccc3)cc2)nc(-c2ccc(C(F)(F)F)cc2)c1. The summed E-state index contributed by atoms with van der Waals surface area (Å²) in [5.74, 6) is -1.57. The van der Waals surface area contributed by atoms with Gasteiger partial charge in [0, 0.05) is 11.1 Å². The van der Waals surface area contributed by atoms with Crippen LogP contribution in [0, 0.1) is 5.92 Å². The molecule has 1 unspecified atom stereocenters. The minimum atomic E-state index is -4.44. The van der Waals surface area contributed by atoms with Crippen LogP contribution in [0.4, 0.5) is 13.2 Å². The molecular weight excluding hydrogens is 487 g/mol. The summed E-state index contributed by atoms with van der Waals surface area (Å²) in [7, 11) is 0. The van der Waals surface area contributed by atoms with E-state index in [2.05, 4.69) is 0 Å². The highest BCUT2D eigenvalue weighted by Gasteiger charge is 2.30. The molecule has 0 saturated heterocycles. The standard InChI is InChI=1S/C30H26F3NO2.C2H6/c1-19(2)16-26(29(35)36)24-17-27(22-10-8-21(9-11-22)20-6-4-3-5-7-20)34-28(18-24)23-12-14-25(15-13-23)30(31,32)33;1-2/h3-15,17-19,26H,16H2,1-2H3,(H,35,36);1-2H3. The Morgan fingerprint density at radius 1 is 0.763 bits per heavy atom. The fraction of sp³-hybridized carbons (Fsp3) is 0.250. The van der Waals surface area contributed by atoms with E-state index in [9.17, 15) is 23.1 Å². The first-order valence-electron chi connectivity index (χ1n) is 12.7. The van der Waals surface area contributed by atoms with Crippen molar-refractivity contribution in [2.45, 2.75) is 46.2 Å². The molecule has 3 aromatic carbocycles. The largest absolute Gasteiger partial charge is 0.481 e. The molecule has 198 valence electrons. The third-order valence-electron chi connectivity index (χ3n) is 6.05. The number of carbonyl (C=O) groups is 1. The highest BCUT2D eigenvalue weighted by molar-refractivity contribution is 5.79. The Labute approximate surface area is 222 Å². The van der Waals surface area contributed by atoms with Crippen LogP contribution < -0.4 is 0 Å². The summed E-state index contributed by atoms with van der Waals surface area (Å²) in [5, 5.41) is 9.94. The van der Waals surface area contributed by atoms with Crippen LogP contribution in [0.3, 0.4) is 0 Å². The Balaban J connectivity index is 0.00000195. The molecule has 38 heavy (non-hydrogen) atoms. The highest BCUT2D eigenvalue weighted by atomic mass is 19.4. The number of aliphatic carboxylic acids is 1. The van der Waals surface area contributed by atoms with Crippen molar-refractivity contribution in [1.29, 1.82) is 0 Å². The van der Waals surface area contributed by atoms with Crippen molar-refractivity contribution in [2.75, 3.05) is 0 Å². The number of halogens is 3. The summed E-state index contributed by atoms with van der Waals surface area (Å²) >= 11 is 0. The second-order valence-electron chi connectivity index (χ2n) is 9.21. The van der Waals surface area contributed by atoms with Gasteiger partial charge >= 0.3 is 12.1 Å². The van der Waals surface area contributed by atoms with Crippen molar-refractivity contribution >= 4 is 5.97 Å². The lowest BCUT2D eigenvalue weighted by Crippen LogP contribution is -2.14. The van der Waals surface area contributed by atoms with Crippen molar-refractivity contribution in [2.24, 2.45) is 5.92 Å². The van der Waals surface area contributed by atoms with Gasteiger partial charge in [0.25, 0.3) is 0 Å². The lowest BCUT2D eigenvalue weighted by Gasteiger charge is -2.18. The Morgan fingerprint density at radius 2 is 1.21 bits per heavy atom. The number of hydrogen-bond acceptors (Lipinski definition) is 2. The predicted molar refractivity (Wildman–Crippen MR) is 147 cm³/mol. The zero-order valence-corrected chi connectivity index (χ0v) is 22.0. The molecule has 0 aliphatic carbocycles. The Kier molecular flexibility index (Phi) is 9.45. The van der Waals surface area contributed by atoms with Crippen LogP contribution in [-0.4, -0.2) is 16.1 Å². The summed E-state index contributed by atoms with van der Waals surface area (Å²) < 4.78 is 39.2. The second-order valence-corrected chi connectivity index (χ2v) is 9.21. The number of carboxylic acids is 1. The molecule has 1 N–H and O–H groups in total. The maximum atomic E-state index is 13.1. The van der Waals surface area contributed by atoms with Crippen LogP contribution in [0.15, 0.2) is 91.0 Å². The number of aromatic nitrogens is 1. The zero-order valence-electron chi connectivity index (χ0n) is 22.0. The predicted octanol–water partition coefficient (Wildman–Crippen LogP) is 9.34. The van der Waals surface area contributed by atoms with E-state index in [1.807, 2.05) is 82.3 Å². The van der Waals surface area contributed by atoms with E-state index in [-0.39, 0.29) is 5.92 Å². The molecule has 4 rings (SSSR count). The first kappa shape index (κ1) is 28.6. The van der Waals surface area contributed by atoms with E-state index in [0.717, 1.165) is 28.8 Å². The van der Waals surface area contributed by atoms with Crippen LogP contribution in [0.2, 0.25) is 0 Å². The van der Waals surface area contributed by atoms with Crippen molar-refractivity contribution in [3.8, 4) is 33.6 Å². The molecule has 4 aromatic rings. The van der Waals surface area contributed by atoms with Crippen molar-refractivity contribution in [3.05, 3.63) is 102 Å². The normalized spacial score (nSPS) is 12.0. The van der Waals surface area contributed by atoms with Crippen LogP contribution >= 0.6 is 0 Å². The monoisotopic (exact) mass is 519 g/mol. The highest BCUT2D eigenvalue weighted by Crippen LogP contribution is 2.34. The van der Waals surface area contributed by atoms with Crippen molar-refractivity contribution in [3.63, 3.8) is 0 Å². The van der Waals surface area contributed by atoms with Gasteiger partial charge in [0.15, 0.2) is 0 Å². The minimum Gasteiger partial charge on any atom is -0.481 e. The number of rotatable bonds is 7. The van der Waals surface area contributed by atoms with Gasteiger partial charge in [-0.05, 0) is 53.3 Å². The molecule has 6 heteroatoms. The van der Waals surface area contributed by atoms with Gasteiger partial charge in [0.05, 0.1) is 22.9 Å². The molecule has 0 radical (unpaired) electrons. The van der Waals surface area contributed by atoms with Gasteiger partial charge in [-0.25, -0.2) is 4.98 Å². The first-order chi connectivity index (χ1) is 18.1. The molecule has 0 bridgehead atoms. The fourth-order valence-electron chi connectivity index (χ4n) is 4.19. The topological polar surface area (TPSA) is 50.2 Å². The van der Waals surface area contributed by atoms with E-state index < -0.39 is 23.6 Å². The fourth-order valence-corrected chi connectivity index (χ4v) is 4.19. The van der Waals surface area contributed by atoms with E-state index in [4.69, 9.17) is 4.98 Å². The molecule has 1 heterocycles. The molecule has 0 spiro atoms. The van der Waals surface area contributed by atoms with Gasteiger partial charge < -0.3 is 5.11 Å².